The maximum Gasteiger partial charge on any atom is 0.242 e. The molecule has 0 spiro atoms. The highest BCUT2D eigenvalue weighted by Crippen LogP contribution is 2.21. The average Bonchev–Trinajstić information content (AvgIpc) is 2.38. The zero-order chi connectivity index (χ0) is 14.5. The minimum Gasteiger partial charge on any atom is -0.384 e. The molecule has 2 N–H and O–H groups in total. The second kappa shape index (κ2) is 6.91. The van der Waals surface area contributed by atoms with Crippen molar-refractivity contribution in [3.05, 3.63) is 24.3 Å². The predicted molar refractivity (Wildman–Crippen MR) is 79.8 cm³/mol. The van der Waals surface area contributed by atoms with Crippen molar-refractivity contribution < 1.29 is 8.42 Å². The minimum absolute atomic E-state index is 0.0790. The molecule has 1 aromatic carbocycles. The van der Waals surface area contributed by atoms with E-state index in [1.54, 1.807) is 18.2 Å². The second-order valence-electron chi connectivity index (χ2n) is 4.82. The number of rotatable bonds is 7. The molecule has 0 aromatic heterocycles. The van der Waals surface area contributed by atoms with Crippen molar-refractivity contribution >= 4 is 15.7 Å². The van der Waals surface area contributed by atoms with Gasteiger partial charge < -0.3 is 5.32 Å². The number of sulfonamides is 1. The van der Waals surface area contributed by atoms with E-state index in [4.69, 9.17) is 0 Å². The summed E-state index contributed by atoms with van der Waals surface area (Å²) >= 11 is 0. The van der Waals surface area contributed by atoms with Gasteiger partial charge in [0.25, 0.3) is 0 Å². The quantitative estimate of drug-likeness (QED) is 0.809. The fraction of sp³-hybridized carbons (Fsp3) is 0.571. The van der Waals surface area contributed by atoms with E-state index in [9.17, 15) is 8.42 Å². The molecule has 0 heterocycles. The van der Waals surface area contributed by atoms with Gasteiger partial charge in [0.15, 0.2) is 0 Å². The lowest BCUT2D eigenvalue weighted by atomic mass is 10.0. The van der Waals surface area contributed by atoms with Gasteiger partial charge in [0, 0.05) is 12.6 Å². The van der Waals surface area contributed by atoms with Gasteiger partial charge in [0.05, 0.1) is 5.69 Å². The van der Waals surface area contributed by atoms with E-state index in [2.05, 4.69) is 17.0 Å². The Morgan fingerprint density at radius 3 is 2.37 bits per heavy atom. The summed E-state index contributed by atoms with van der Waals surface area (Å²) in [5, 5.41) is 3.08. The third-order valence-electron chi connectivity index (χ3n) is 3.38. The monoisotopic (exact) mass is 284 g/mol. The largest absolute Gasteiger partial charge is 0.384 e. The molecule has 0 aliphatic carbocycles. The number of nitrogens with one attached hydrogen (secondary N) is 2. The Balaban J connectivity index is 3.00. The van der Waals surface area contributed by atoms with Gasteiger partial charge >= 0.3 is 0 Å². The van der Waals surface area contributed by atoms with Crippen LogP contribution in [0.5, 0.6) is 0 Å². The van der Waals surface area contributed by atoms with Crippen molar-refractivity contribution in [1.29, 1.82) is 0 Å². The molecule has 1 aromatic rings. The van der Waals surface area contributed by atoms with Crippen LogP contribution in [-0.2, 0) is 10.0 Å². The van der Waals surface area contributed by atoms with Gasteiger partial charge in [-0.2, -0.15) is 0 Å². The molecule has 108 valence electrons. The van der Waals surface area contributed by atoms with E-state index in [1.807, 2.05) is 26.8 Å². The highest BCUT2D eigenvalue weighted by molar-refractivity contribution is 7.89. The number of benzene rings is 1. The molecule has 2 unspecified atom stereocenters. The third kappa shape index (κ3) is 4.21. The summed E-state index contributed by atoms with van der Waals surface area (Å²) in [6.07, 6.45) is 0.943. The summed E-state index contributed by atoms with van der Waals surface area (Å²) in [6.45, 7) is 8.64. The molecule has 0 radical (unpaired) electrons. The first kappa shape index (κ1) is 16.0. The van der Waals surface area contributed by atoms with Gasteiger partial charge in [0.1, 0.15) is 4.90 Å². The van der Waals surface area contributed by atoms with Crippen molar-refractivity contribution in [2.75, 3.05) is 11.9 Å². The van der Waals surface area contributed by atoms with E-state index in [0.29, 0.717) is 23.0 Å². The summed E-state index contributed by atoms with van der Waals surface area (Å²) in [6, 6.07) is 6.90. The normalized spacial score (nSPS) is 14.9. The molecule has 0 bridgehead atoms. The van der Waals surface area contributed by atoms with Crippen LogP contribution in [0.25, 0.3) is 0 Å². The van der Waals surface area contributed by atoms with E-state index >= 15 is 0 Å². The van der Waals surface area contributed by atoms with Crippen molar-refractivity contribution in [2.24, 2.45) is 5.92 Å². The fourth-order valence-corrected chi connectivity index (χ4v) is 3.35. The lowest BCUT2D eigenvalue weighted by Gasteiger charge is -2.21. The molecule has 0 aliphatic heterocycles. The molecule has 19 heavy (non-hydrogen) atoms. The van der Waals surface area contributed by atoms with Crippen molar-refractivity contribution in [1.82, 2.24) is 4.72 Å². The molecule has 0 saturated heterocycles. The van der Waals surface area contributed by atoms with Gasteiger partial charge in [-0.15, -0.1) is 0 Å². The molecular weight excluding hydrogens is 260 g/mol. The molecule has 5 heteroatoms. The first-order chi connectivity index (χ1) is 8.92. The van der Waals surface area contributed by atoms with Crippen LogP contribution < -0.4 is 10.0 Å². The lowest BCUT2D eigenvalue weighted by molar-refractivity contribution is 0.434. The van der Waals surface area contributed by atoms with E-state index < -0.39 is 10.0 Å². The maximum absolute atomic E-state index is 12.4. The first-order valence-electron chi connectivity index (χ1n) is 6.77. The Morgan fingerprint density at radius 1 is 1.16 bits per heavy atom. The SMILES string of the molecule is CCNc1ccccc1S(=O)(=O)NC(C)C(C)CC. The molecule has 0 aliphatic rings. The summed E-state index contributed by atoms with van der Waals surface area (Å²) in [4.78, 5) is 0.312. The van der Waals surface area contributed by atoms with E-state index in [1.165, 1.54) is 0 Å². The van der Waals surface area contributed by atoms with Gasteiger partial charge in [-0.25, -0.2) is 13.1 Å². The van der Waals surface area contributed by atoms with Crippen LogP contribution in [-0.4, -0.2) is 21.0 Å². The number of para-hydroxylation sites is 1. The van der Waals surface area contributed by atoms with Crippen molar-refractivity contribution in [2.45, 2.75) is 45.1 Å². The van der Waals surface area contributed by atoms with Crippen LogP contribution in [0.15, 0.2) is 29.2 Å². The van der Waals surface area contributed by atoms with Crippen LogP contribution in [0, 0.1) is 5.92 Å². The van der Waals surface area contributed by atoms with Gasteiger partial charge in [0.2, 0.25) is 10.0 Å². The first-order valence-corrected chi connectivity index (χ1v) is 8.25. The van der Waals surface area contributed by atoms with Gasteiger partial charge in [-0.05, 0) is 31.9 Å². The van der Waals surface area contributed by atoms with E-state index in [0.717, 1.165) is 6.42 Å². The maximum atomic E-state index is 12.4. The molecule has 0 fully saturated rings. The molecule has 4 nitrogen and oxygen atoms in total. The van der Waals surface area contributed by atoms with Crippen LogP contribution in [0.4, 0.5) is 5.69 Å². The number of anilines is 1. The number of hydrogen-bond acceptors (Lipinski definition) is 3. The van der Waals surface area contributed by atoms with Gasteiger partial charge in [-0.3, -0.25) is 0 Å². The Bertz CT molecular complexity index is 500. The summed E-state index contributed by atoms with van der Waals surface area (Å²) in [7, 11) is -3.48. The second-order valence-corrected chi connectivity index (χ2v) is 6.50. The predicted octanol–water partition coefficient (Wildman–Crippen LogP) is 2.83. The summed E-state index contributed by atoms with van der Waals surface area (Å²) in [5.41, 5.74) is 0.647. The van der Waals surface area contributed by atoms with Crippen molar-refractivity contribution in [3.8, 4) is 0 Å². The van der Waals surface area contributed by atoms with E-state index in [-0.39, 0.29) is 6.04 Å². The highest BCUT2D eigenvalue weighted by Gasteiger charge is 2.22. The van der Waals surface area contributed by atoms with Gasteiger partial charge in [-0.1, -0.05) is 32.4 Å². The standard InChI is InChI=1S/C14H24N2O2S/c1-5-11(3)12(4)16-19(17,18)14-10-8-7-9-13(14)15-6-2/h7-12,15-16H,5-6H2,1-4H3. The zero-order valence-electron chi connectivity index (χ0n) is 12.1. The Morgan fingerprint density at radius 2 is 1.79 bits per heavy atom. The van der Waals surface area contributed by atoms with Crippen molar-refractivity contribution in [3.63, 3.8) is 0 Å². The molecular formula is C14H24N2O2S. The number of hydrogen-bond donors (Lipinski definition) is 2. The smallest absolute Gasteiger partial charge is 0.242 e. The van der Waals surface area contributed by atoms with Crippen LogP contribution in [0.1, 0.15) is 34.1 Å². The highest BCUT2D eigenvalue weighted by atomic mass is 32.2. The Kier molecular flexibility index (Phi) is 5.82. The van der Waals surface area contributed by atoms with Crippen LogP contribution in [0.2, 0.25) is 0 Å². The molecule has 1 rings (SSSR count). The Hall–Kier alpha value is -1.07. The lowest BCUT2D eigenvalue weighted by Crippen LogP contribution is -2.37. The Labute approximate surface area is 116 Å². The van der Waals surface area contributed by atoms with Crippen LogP contribution in [0.3, 0.4) is 0 Å². The minimum atomic E-state index is -3.48. The average molecular weight is 284 g/mol. The molecule has 2 atom stereocenters. The molecule has 0 amide bonds. The zero-order valence-corrected chi connectivity index (χ0v) is 12.9. The third-order valence-corrected chi connectivity index (χ3v) is 5.00. The molecule has 0 saturated carbocycles. The fourth-order valence-electron chi connectivity index (χ4n) is 1.82. The summed E-state index contributed by atoms with van der Waals surface area (Å²) in [5.74, 6) is 0.307. The topological polar surface area (TPSA) is 58.2 Å². The summed E-state index contributed by atoms with van der Waals surface area (Å²) < 4.78 is 27.6. The van der Waals surface area contributed by atoms with Crippen LogP contribution >= 0.6 is 0 Å².